The van der Waals surface area contributed by atoms with E-state index >= 15 is 4.39 Å². The lowest BCUT2D eigenvalue weighted by Crippen LogP contribution is -2.54. The van der Waals surface area contributed by atoms with Crippen molar-refractivity contribution in [2.45, 2.75) is 31.5 Å². The van der Waals surface area contributed by atoms with Crippen molar-refractivity contribution in [3.05, 3.63) is 23.3 Å². The Balaban J connectivity index is 1.78. The second-order valence-electron chi connectivity index (χ2n) is 7.39. The van der Waals surface area contributed by atoms with E-state index in [-0.39, 0.29) is 41.7 Å². The summed E-state index contributed by atoms with van der Waals surface area (Å²) in [6.07, 6.45) is 0.312. The summed E-state index contributed by atoms with van der Waals surface area (Å²) in [4.78, 5) is 15.0. The van der Waals surface area contributed by atoms with E-state index in [1.807, 2.05) is 7.05 Å². The van der Waals surface area contributed by atoms with Gasteiger partial charge in [-0.25, -0.2) is 8.78 Å². The molecule has 0 radical (unpaired) electrons. The molecule has 0 saturated carbocycles. The van der Waals surface area contributed by atoms with E-state index in [0.29, 0.717) is 18.2 Å². The maximum absolute atomic E-state index is 15.3. The molecule has 1 aromatic heterocycles. The van der Waals surface area contributed by atoms with Gasteiger partial charge < -0.3 is 20.2 Å². The highest BCUT2D eigenvalue weighted by Crippen LogP contribution is 2.38. The Morgan fingerprint density at radius 1 is 1.22 bits per heavy atom. The minimum Gasteiger partial charge on any atom is -0.356 e. The van der Waals surface area contributed by atoms with Crippen LogP contribution in [0, 0.1) is 11.6 Å². The fourth-order valence-electron chi connectivity index (χ4n) is 4.10. The highest BCUT2D eigenvalue weighted by Gasteiger charge is 2.32. The molecule has 146 valence electrons. The first-order valence-corrected chi connectivity index (χ1v) is 9.14. The summed E-state index contributed by atoms with van der Waals surface area (Å²) in [5.74, 6) is -1.35. The summed E-state index contributed by atoms with van der Waals surface area (Å²) >= 11 is 0. The van der Waals surface area contributed by atoms with Gasteiger partial charge in [0.25, 0.3) is 0 Å². The third-order valence-electron chi connectivity index (χ3n) is 5.60. The van der Waals surface area contributed by atoms with Gasteiger partial charge in [-0.2, -0.15) is 5.10 Å². The number of piperidine rings is 1. The normalized spacial score (nSPS) is 22.5. The van der Waals surface area contributed by atoms with E-state index in [4.69, 9.17) is 0 Å². The zero-order valence-corrected chi connectivity index (χ0v) is 15.4. The number of nitrogens with one attached hydrogen (secondary N) is 1. The summed E-state index contributed by atoms with van der Waals surface area (Å²) in [6.45, 7) is 1.83. The van der Waals surface area contributed by atoms with Gasteiger partial charge in [0.1, 0.15) is 11.3 Å². The van der Waals surface area contributed by atoms with Crippen LogP contribution in [0.2, 0.25) is 0 Å². The highest BCUT2D eigenvalue weighted by atomic mass is 19.1. The number of aromatic nitrogens is 2. The molecule has 1 atom stereocenters. The summed E-state index contributed by atoms with van der Waals surface area (Å²) in [5.41, 5.74) is 0.335. The van der Waals surface area contributed by atoms with Crippen molar-refractivity contribution in [3.8, 4) is 0 Å². The maximum atomic E-state index is 15.3. The highest BCUT2D eigenvalue weighted by molar-refractivity contribution is 5.92. The molecule has 0 spiro atoms. The average Bonchev–Trinajstić information content (AvgIpc) is 2.93. The lowest BCUT2D eigenvalue weighted by molar-refractivity contribution is -0.125. The van der Waals surface area contributed by atoms with Gasteiger partial charge in [-0.05, 0) is 45.0 Å². The number of hydrogen-bond acceptors (Lipinski definition) is 5. The SMILES string of the molecule is CN1CCC(c2c(F)cc3c(N4CCC(=O)NC4O)nn(C)c3c2F)CC1. The van der Waals surface area contributed by atoms with E-state index in [1.165, 1.54) is 15.6 Å². The number of nitrogens with zero attached hydrogens (tertiary/aromatic N) is 4. The molecule has 7 nitrogen and oxygen atoms in total. The maximum Gasteiger partial charge on any atom is 0.225 e. The number of aryl methyl sites for hydroxylation is 1. The van der Waals surface area contributed by atoms with E-state index in [2.05, 4.69) is 15.3 Å². The topological polar surface area (TPSA) is 73.6 Å². The van der Waals surface area contributed by atoms with Crippen molar-refractivity contribution >= 4 is 22.6 Å². The number of halogens is 2. The van der Waals surface area contributed by atoms with Crippen LogP contribution in [0.15, 0.2) is 6.07 Å². The summed E-state index contributed by atoms with van der Waals surface area (Å²) < 4.78 is 31.7. The monoisotopic (exact) mass is 379 g/mol. The predicted molar refractivity (Wildman–Crippen MR) is 96.2 cm³/mol. The number of benzene rings is 1. The summed E-state index contributed by atoms with van der Waals surface area (Å²) in [5, 5.41) is 17.1. The van der Waals surface area contributed by atoms with Crippen LogP contribution in [0.3, 0.4) is 0 Å². The number of rotatable bonds is 2. The number of amides is 1. The van der Waals surface area contributed by atoms with Crippen molar-refractivity contribution in [1.29, 1.82) is 0 Å². The second kappa shape index (κ2) is 6.72. The van der Waals surface area contributed by atoms with Crippen molar-refractivity contribution in [3.63, 3.8) is 0 Å². The first kappa shape index (κ1) is 18.1. The Kier molecular flexibility index (Phi) is 4.51. The molecule has 27 heavy (non-hydrogen) atoms. The van der Waals surface area contributed by atoms with Gasteiger partial charge in [0.05, 0.1) is 5.39 Å². The van der Waals surface area contributed by atoms with E-state index < -0.39 is 18.0 Å². The number of carbonyl (C=O) groups is 1. The van der Waals surface area contributed by atoms with Crippen LogP contribution >= 0.6 is 0 Å². The number of fused-ring (bicyclic) bond motifs is 1. The fourth-order valence-corrected chi connectivity index (χ4v) is 4.10. The summed E-state index contributed by atoms with van der Waals surface area (Å²) in [7, 11) is 3.60. The van der Waals surface area contributed by atoms with Crippen LogP contribution in [-0.4, -0.2) is 58.7 Å². The molecule has 2 aliphatic rings. The molecular weight excluding hydrogens is 356 g/mol. The Labute approximate surface area is 155 Å². The van der Waals surface area contributed by atoms with Crippen LogP contribution in [0.4, 0.5) is 14.6 Å². The Morgan fingerprint density at radius 2 is 1.93 bits per heavy atom. The van der Waals surface area contributed by atoms with E-state index in [9.17, 15) is 14.3 Å². The third kappa shape index (κ3) is 3.04. The number of carbonyl (C=O) groups excluding carboxylic acids is 1. The van der Waals surface area contributed by atoms with Gasteiger partial charge in [-0.1, -0.05) is 0 Å². The first-order chi connectivity index (χ1) is 12.9. The number of aliphatic hydroxyl groups is 1. The molecule has 2 fully saturated rings. The minimum atomic E-state index is -1.27. The zero-order chi connectivity index (χ0) is 19.3. The molecule has 1 unspecified atom stereocenters. The molecule has 0 bridgehead atoms. The lowest BCUT2D eigenvalue weighted by atomic mass is 9.88. The molecule has 1 aromatic carbocycles. The Morgan fingerprint density at radius 3 is 2.59 bits per heavy atom. The third-order valence-corrected chi connectivity index (χ3v) is 5.60. The van der Waals surface area contributed by atoms with Crippen LogP contribution in [0.1, 0.15) is 30.7 Å². The van der Waals surface area contributed by atoms with Crippen molar-refractivity contribution in [2.24, 2.45) is 7.05 Å². The van der Waals surface area contributed by atoms with Crippen LogP contribution in [-0.2, 0) is 11.8 Å². The van der Waals surface area contributed by atoms with Crippen LogP contribution in [0.25, 0.3) is 10.9 Å². The second-order valence-corrected chi connectivity index (χ2v) is 7.39. The van der Waals surface area contributed by atoms with Gasteiger partial charge in [-0.3, -0.25) is 9.48 Å². The van der Waals surface area contributed by atoms with Crippen LogP contribution in [0.5, 0.6) is 0 Å². The molecule has 2 saturated heterocycles. The Hall–Kier alpha value is -2.26. The van der Waals surface area contributed by atoms with Gasteiger partial charge >= 0.3 is 0 Å². The fraction of sp³-hybridized carbons (Fsp3) is 0.556. The molecule has 2 aliphatic heterocycles. The zero-order valence-electron chi connectivity index (χ0n) is 15.4. The largest absolute Gasteiger partial charge is 0.356 e. The quantitative estimate of drug-likeness (QED) is 0.822. The predicted octanol–water partition coefficient (Wildman–Crippen LogP) is 1.26. The molecule has 9 heteroatoms. The summed E-state index contributed by atoms with van der Waals surface area (Å²) in [6, 6.07) is 1.30. The van der Waals surface area contributed by atoms with Gasteiger partial charge in [0, 0.05) is 25.6 Å². The van der Waals surface area contributed by atoms with Gasteiger partial charge in [-0.15, -0.1) is 0 Å². The van der Waals surface area contributed by atoms with Gasteiger partial charge in [0.2, 0.25) is 12.3 Å². The van der Waals surface area contributed by atoms with Crippen molar-refractivity contribution in [2.75, 3.05) is 31.6 Å². The van der Waals surface area contributed by atoms with Crippen molar-refractivity contribution in [1.82, 2.24) is 20.0 Å². The van der Waals surface area contributed by atoms with Gasteiger partial charge in [0.15, 0.2) is 11.6 Å². The number of aliphatic hydroxyl groups excluding tert-OH is 1. The molecule has 3 heterocycles. The number of anilines is 1. The standard InChI is InChI=1S/C18H23F2N5O2/c1-23-6-3-10(4-7-23)14-12(19)9-11-16(15(14)20)24(2)22-17(11)25-8-5-13(26)21-18(25)27/h9-10,18,27H,3-8H2,1-2H3,(H,21,26). The van der Waals surface area contributed by atoms with E-state index in [0.717, 1.165) is 13.1 Å². The molecular formula is C18H23F2N5O2. The number of likely N-dealkylation sites (tertiary alicyclic amines) is 1. The molecule has 1 amide bonds. The molecule has 4 rings (SSSR count). The average molecular weight is 379 g/mol. The lowest BCUT2D eigenvalue weighted by Gasteiger charge is -2.32. The molecule has 0 aliphatic carbocycles. The molecule has 2 N–H and O–H groups in total. The minimum absolute atomic E-state index is 0.123. The Bertz CT molecular complexity index is 892. The van der Waals surface area contributed by atoms with Crippen molar-refractivity contribution < 1.29 is 18.7 Å². The smallest absolute Gasteiger partial charge is 0.225 e. The number of hydrogen-bond donors (Lipinski definition) is 2. The van der Waals surface area contributed by atoms with E-state index in [1.54, 1.807) is 7.05 Å². The first-order valence-electron chi connectivity index (χ1n) is 9.14. The van der Waals surface area contributed by atoms with Crippen LogP contribution < -0.4 is 10.2 Å². The molecule has 2 aromatic rings.